The quantitative estimate of drug-likeness (QED) is 0.865. The van der Waals surface area contributed by atoms with Crippen LogP contribution in [0, 0.1) is 0 Å². The summed E-state index contributed by atoms with van der Waals surface area (Å²) in [5.74, 6) is 0.650. The molecule has 0 fully saturated rings. The molecule has 100 valence electrons. The number of unbranched alkanes of at least 4 members (excludes halogenated alkanes) is 1. The van der Waals surface area contributed by atoms with Gasteiger partial charge in [0.1, 0.15) is 0 Å². The Labute approximate surface area is 112 Å². The number of fused-ring (bicyclic) bond motifs is 2. The largest absolute Gasteiger partial charge is 0.501 e. The van der Waals surface area contributed by atoms with E-state index in [4.69, 9.17) is 8.37 Å². The molecule has 0 aliphatic carbocycles. The SMILES string of the molecule is CCCCc1c2c(cc3ccccc13)OS(=O)(=O)O2. The number of benzene rings is 2. The zero-order valence-corrected chi connectivity index (χ0v) is 11.4. The molecule has 1 heterocycles. The van der Waals surface area contributed by atoms with Crippen molar-refractivity contribution in [2.24, 2.45) is 0 Å². The lowest BCUT2D eigenvalue weighted by Crippen LogP contribution is -2.08. The summed E-state index contributed by atoms with van der Waals surface area (Å²) in [6.45, 7) is 2.10. The smallest absolute Gasteiger partial charge is 0.349 e. The topological polar surface area (TPSA) is 52.6 Å². The van der Waals surface area contributed by atoms with Crippen LogP contribution in [0.5, 0.6) is 11.5 Å². The van der Waals surface area contributed by atoms with Crippen LogP contribution in [-0.2, 0) is 16.8 Å². The van der Waals surface area contributed by atoms with E-state index in [-0.39, 0.29) is 0 Å². The highest BCUT2D eigenvalue weighted by atomic mass is 32.3. The van der Waals surface area contributed by atoms with Gasteiger partial charge in [-0.25, -0.2) is 0 Å². The first kappa shape index (κ1) is 12.3. The van der Waals surface area contributed by atoms with Crippen LogP contribution in [0.3, 0.4) is 0 Å². The van der Waals surface area contributed by atoms with Crippen LogP contribution in [0.2, 0.25) is 0 Å². The third-order valence-corrected chi connectivity index (χ3v) is 3.98. The molecule has 4 nitrogen and oxygen atoms in total. The molecule has 0 N–H and O–H groups in total. The molecule has 0 saturated heterocycles. The van der Waals surface area contributed by atoms with E-state index in [9.17, 15) is 8.42 Å². The van der Waals surface area contributed by atoms with Crippen molar-refractivity contribution in [2.75, 3.05) is 0 Å². The van der Waals surface area contributed by atoms with Gasteiger partial charge in [-0.3, -0.25) is 0 Å². The second-order valence-corrected chi connectivity index (χ2v) is 5.73. The highest BCUT2D eigenvalue weighted by Crippen LogP contribution is 2.43. The van der Waals surface area contributed by atoms with E-state index in [1.165, 1.54) is 0 Å². The Morgan fingerprint density at radius 2 is 1.95 bits per heavy atom. The molecule has 0 bridgehead atoms. The van der Waals surface area contributed by atoms with Crippen LogP contribution < -0.4 is 8.37 Å². The molecule has 0 radical (unpaired) electrons. The first-order valence-corrected chi connectivity index (χ1v) is 7.62. The van der Waals surface area contributed by atoms with Gasteiger partial charge in [0.25, 0.3) is 0 Å². The average molecular weight is 278 g/mol. The van der Waals surface area contributed by atoms with Crippen LogP contribution in [0.15, 0.2) is 30.3 Å². The first-order chi connectivity index (χ1) is 9.11. The maximum atomic E-state index is 11.4. The monoisotopic (exact) mass is 278 g/mol. The average Bonchev–Trinajstić information content (AvgIpc) is 2.68. The highest BCUT2D eigenvalue weighted by molar-refractivity contribution is 7.82. The van der Waals surface area contributed by atoms with Gasteiger partial charge in [-0.15, -0.1) is 8.42 Å². The van der Waals surface area contributed by atoms with Gasteiger partial charge in [0, 0.05) is 5.56 Å². The van der Waals surface area contributed by atoms with Gasteiger partial charge in [-0.05, 0) is 29.7 Å². The fourth-order valence-electron chi connectivity index (χ4n) is 2.36. The molecule has 3 rings (SSSR count). The van der Waals surface area contributed by atoms with Gasteiger partial charge in [0.2, 0.25) is 0 Å². The summed E-state index contributed by atoms with van der Waals surface area (Å²) >= 11 is 0. The van der Waals surface area contributed by atoms with Crippen molar-refractivity contribution in [3.63, 3.8) is 0 Å². The maximum Gasteiger partial charge on any atom is 0.501 e. The van der Waals surface area contributed by atoms with Gasteiger partial charge in [-0.2, -0.15) is 0 Å². The Morgan fingerprint density at radius 1 is 1.16 bits per heavy atom. The summed E-state index contributed by atoms with van der Waals surface area (Å²) in [5.41, 5.74) is 0.913. The van der Waals surface area contributed by atoms with Crippen molar-refractivity contribution in [1.29, 1.82) is 0 Å². The molecule has 19 heavy (non-hydrogen) atoms. The number of hydrogen-bond acceptors (Lipinski definition) is 4. The van der Waals surface area contributed by atoms with Crippen molar-refractivity contribution >= 4 is 21.2 Å². The lowest BCUT2D eigenvalue weighted by Gasteiger charge is -2.08. The van der Waals surface area contributed by atoms with Crippen LogP contribution >= 0.6 is 0 Å². The summed E-state index contributed by atoms with van der Waals surface area (Å²) in [4.78, 5) is 0. The first-order valence-electron chi connectivity index (χ1n) is 6.29. The lowest BCUT2D eigenvalue weighted by molar-refractivity contribution is 0.435. The Bertz CT molecular complexity index is 734. The lowest BCUT2D eigenvalue weighted by atomic mass is 9.98. The highest BCUT2D eigenvalue weighted by Gasteiger charge is 2.31. The summed E-state index contributed by atoms with van der Waals surface area (Å²) in [7, 11) is -3.93. The number of rotatable bonds is 3. The van der Waals surface area contributed by atoms with Crippen molar-refractivity contribution in [3.8, 4) is 11.5 Å². The Balaban J connectivity index is 2.24. The molecule has 0 atom stereocenters. The molecule has 1 aliphatic rings. The van der Waals surface area contributed by atoms with Crippen molar-refractivity contribution in [3.05, 3.63) is 35.9 Å². The standard InChI is InChI=1S/C14H14O4S/c1-2-3-7-12-11-8-5-4-6-10(11)9-13-14(12)18-19(15,16)17-13/h4-6,8-9H,2-3,7H2,1H3. The minimum absolute atomic E-state index is 0.296. The van der Waals surface area contributed by atoms with E-state index in [0.29, 0.717) is 11.5 Å². The van der Waals surface area contributed by atoms with E-state index in [0.717, 1.165) is 35.6 Å². The zero-order chi connectivity index (χ0) is 13.5. The fourth-order valence-corrected chi connectivity index (χ4v) is 3.12. The minimum atomic E-state index is -3.93. The number of aryl methyl sites for hydroxylation is 1. The molecule has 2 aromatic rings. The molecule has 0 aromatic heterocycles. The van der Waals surface area contributed by atoms with Crippen molar-refractivity contribution in [2.45, 2.75) is 26.2 Å². The molecule has 0 spiro atoms. The fraction of sp³-hybridized carbons (Fsp3) is 0.286. The van der Waals surface area contributed by atoms with Gasteiger partial charge in [0.15, 0.2) is 11.5 Å². The predicted octanol–water partition coefficient (Wildman–Crippen LogP) is 3.20. The minimum Gasteiger partial charge on any atom is -0.349 e. The molecule has 1 aliphatic heterocycles. The van der Waals surface area contributed by atoms with Crippen LogP contribution in [0.1, 0.15) is 25.3 Å². The van der Waals surface area contributed by atoms with E-state index < -0.39 is 10.4 Å². The summed E-state index contributed by atoms with van der Waals surface area (Å²) < 4.78 is 32.7. The molecular formula is C14H14O4S. The third-order valence-electron chi connectivity index (χ3n) is 3.23. The molecule has 0 amide bonds. The summed E-state index contributed by atoms with van der Waals surface area (Å²) in [6, 6.07) is 9.50. The Kier molecular flexibility index (Phi) is 2.86. The molecule has 0 saturated carbocycles. The van der Waals surface area contributed by atoms with Gasteiger partial charge < -0.3 is 8.37 Å². The van der Waals surface area contributed by atoms with Crippen molar-refractivity contribution in [1.82, 2.24) is 0 Å². The van der Waals surface area contributed by atoms with E-state index in [2.05, 4.69) is 6.92 Å². The van der Waals surface area contributed by atoms with Crippen molar-refractivity contribution < 1.29 is 16.8 Å². The van der Waals surface area contributed by atoms with Gasteiger partial charge in [0.05, 0.1) is 0 Å². The van der Waals surface area contributed by atoms with Crippen LogP contribution in [0.25, 0.3) is 10.8 Å². The molecular weight excluding hydrogens is 264 g/mol. The van der Waals surface area contributed by atoms with E-state index in [1.807, 2.05) is 24.3 Å². The molecule has 5 heteroatoms. The normalized spacial score (nSPS) is 15.8. The third kappa shape index (κ3) is 2.14. The molecule has 2 aromatic carbocycles. The number of hydrogen-bond donors (Lipinski definition) is 0. The van der Waals surface area contributed by atoms with Crippen LogP contribution in [0.4, 0.5) is 0 Å². The predicted molar refractivity (Wildman–Crippen MR) is 72.7 cm³/mol. The van der Waals surface area contributed by atoms with E-state index >= 15 is 0 Å². The Morgan fingerprint density at radius 3 is 2.74 bits per heavy atom. The second kappa shape index (κ2) is 4.42. The van der Waals surface area contributed by atoms with E-state index in [1.54, 1.807) is 6.07 Å². The Hall–Kier alpha value is -1.75. The van der Waals surface area contributed by atoms with Crippen LogP contribution in [-0.4, -0.2) is 8.42 Å². The van der Waals surface area contributed by atoms with Gasteiger partial charge in [-0.1, -0.05) is 37.6 Å². The zero-order valence-electron chi connectivity index (χ0n) is 10.5. The van der Waals surface area contributed by atoms with Gasteiger partial charge >= 0.3 is 10.4 Å². The summed E-state index contributed by atoms with van der Waals surface area (Å²) in [6.07, 6.45) is 2.79. The summed E-state index contributed by atoms with van der Waals surface area (Å²) in [5, 5.41) is 1.99. The second-order valence-electron chi connectivity index (χ2n) is 4.58. The molecule has 0 unspecified atom stereocenters. The maximum absolute atomic E-state index is 11.4.